The van der Waals surface area contributed by atoms with Crippen molar-refractivity contribution in [2.45, 2.75) is 6.18 Å². The van der Waals surface area contributed by atoms with Crippen LogP contribution in [0.3, 0.4) is 0 Å². The molecule has 3 aromatic carbocycles. The van der Waals surface area contributed by atoms with Gasteiger partial charge in [-0.05, 0) is 41.1 Å². The van der Waals surface area contributed by atoms with Crippen LogP contribution in [-0.4, -0.2) is 13.1 Å². The fourth-order valence-electron chi connectivity index (χ4n) is 2.47. The number of hydrogen-bond donors (Lipinski definition) is 2. The number of anilines is 1. The van der Waals surface area contributed by atoms with Gasteiger partial charge in [0.2, 0.25) is 0 Å². The van der Waals surface area contributed by atoms with Crippen LogP contribution in [0.15, 0.2) is 60.7 Å². The molecule has 0 radical (unpaired) electrons. The molecule has 3 aromatic rings. The van der Waals surface area contributed by atoms with Crippen molar-refractivity contribution in [2.24, 2.45) is 0 Å². The number of rotatable bonds is 3. The third-order valence-corrected chi connectivity index (χ3v) is 3.72. The van der Waals surface area contributed by atoms with Gasteiger partial charge in [0.1, 0.15) is 17.1 Å². The molecule has 0 fully saturated rings. The van der Waals surface area contributed by atoms with Crippen molar-refractivity contribution in [1.29, 1.82) is 0 Å². The maximum absolute atomic E-state index is 13.4. The molecule has 0 saturated heterocycles. The minimum atomic E-state index is -4.63. The molecule has 0 saturated carbocycles. The summed E-state index contributed by atoms with van der Waals surface area (Å²) in [5.41, 5.74) is -0.956. The van der Waals surface area contributed by atoms with Crippen LogP contribution < -0.4 is 15.4 Å². The zero-order valence-corrected chi connectivity index (χ0v) is 13.7. The van der Waals surface area contributed by atoms with Crippen molar-refractivity contribution < 1.29 is 22.7 Å². The molecule has 0 aliphatic carbocycles. The Morgan fingerprint density at radius 1 is 0.962 bits per heavy atom. The van der Waals surface area contributed by atoms with E-state index in [0.717, 1.165) is 16.8 Å². The molecule has 3 rings (SSSR count). The van der Waals surface area contributed by atoms with E-state index < -0.39 is 17.8 Å². The summed E-state index contributed by atoms with van der Waals surface area (Å²) in [6.45, 7) is 0. The zero-order chi connectivity index (χ0) is 18.7. The maximum atomic E-state index is 13.4. The largest absolute Gasteiger partial charge is 0.457 e. The van der Waals surface area contributed by atoms with Crippen molar-refractivity contribution in [3.63, 3.8) is 0 Å². The van der Waals surface area contributed by atoms with E-state index in [-0.39, 0.29) is 11.4 Å². The number of urea groups is 1. The number of ether oxygens (including phenoxy) is 1. The van der Waals surface area contributed by atoms with Gasteiger partial charge in [0.25, 0.3) is 0 Å². The average molecular weight is 360 g/mol. The molecule has 0 aliphatic rings. The first-order valence-corrected chi connectivity index (χ1v) is 7.73. The number of benzene rings is 3. The molecule has 2 amide bonds. The molecule has 134 valence electrons. The molecule has 0 atom stereocenters. The molecule has 0 bridgehead atoms. The van der Waals surface area contributed by atoms with E-state index in [1.54, 1.807) is 18.2 Å². The van der Waals surface area contributed by atoms with E-state index in [4.69, 9.17) is 4.74 Å². The van der Waals surface area contributed by atoms with Crippen LogP contribution in [0, 0.1) is 0 Å². The van der Waals surface area contributed by atoms with Gasteiger partial charge >= 0.3 is 12.2 Å². The second-order valence-corrected chi connectivity index (χ2v) is 5.52. The highest BCUT2D eigenvalue weighted by atomic mass is 19.4. The Labute approximate surface area is 147 Å². The predicted octanol–water partition coefficient (Wildman–Crippen LogP) is 5.40. The molecule has 4 nitrogen and oxygen atoms in total. The van der Waals surface area contributed by atoms with Crippen molar-refractivity contribution >= 4 is 22.5 Å². The Kier molecular flexibility index (Phi) is 4.71. The summed E-state index contributed by atoms with van der Waals surface area (Å²) in [5, 5.41) is 6.41. The van der Waals surface area contributed by atoms with E-state index in [9.17, 15) is 18.0 Å². The van der Waals surface area contributed by atoms with Crippen LogP contribution in [0.4, 0.5) is 23.7 Å². The fourth-order valence-corrected chi connectivity index (χ4v) is 2.47. The minimum absolute atomic E-state index is 0.0162. The maximum Gasteiger partial charge on any atom is 0.420 e. The number of amides is 2. The predicted molar refractivity (Wildman–Crippen MR) is 93.5 cm³/mol. The second kappa shape index (κ2) is 6.95. The SMILES string of the molecule is CNC(=O)Nc1ccc(Oc2ccc3ccccc3c2)c(C(F)(F)F)c1. The van der Waals surface area contributed by atoms with E-state index in [1.807, 2.05) is 24.3 Å². The van der Waals surface area contributed by atoms with Crippen molar-refractivity contribution in [1.82, 2.24) is 5.32 Å². The number of hydrogen-bond acceptors (Lipinski definition) is 2. The lowest BCUT2D eigenvalue weighted by Gasteiger charge is -2.16. The van der Waals surface area contributed by atoms with Gasteiger partial charge in [-0.25, -0.2) is 4.79 Å². The van der Waals surface area contributed by atoms with E-state index in [1.165, 1.54) is 19.2 Å². The Hall–Kier alpha value is -3.22. The van der Waals surface area contributed by atoms with Crippen LogP contribution in [0.2, 0.25) is 0 Å². The normalized spacial score (nSPS) is 11.2. The highest BCUT2D eigenvalue weighted by molar-refractivity contribution is 5.89. The molecule has 0 aliphatic heterocycles. The van der Waals surface area contributed by atoms with Gasteiger partial charge in [-0.2, -0.15) is 13.2 Å². The molecule has 0 heterocycles. The molecular weight excluding hydrogens is 345 g/mol. The van der Waals surface area contributed by atoms with Gasteiger partial charge in [0.15, 0.2) is 0 Å². The quantitative estimate of drug-likeness (QED) is 0.657. The van der Waals surface area contributed by atoms with Gasteiger partial charge in [-0.15, -0.1) is 0 Å². The highest BCUT2D eigenvalue weighted by Crippen LogP contribution is 2.40. The van der Waals surface area contributed by atoms with Gasteiger partial charge in [0, 0.05) is 12.7 Å². The fraction of sp³-hybridized carbons (Fsp3) is 0.105. The molecule has 7 heteroatoms. The molecule has 26 heavy (non-hydrogen) atoms. The lowest BCUT2D eigenvalue weighted by molar-refractivity contribution is -0.138. The lowest BCUT2D eigenvalue weighted by Crippen LogP contribution is -2.24. The first kappa shape index (κ1) is 17.6. The first-order valence-electron chi connectivity index (χ1n) is 7.73. The number of carbonyl (C=O) groups excluding carboxylic acids is 1. The van der Waals surface area contributed by atoms with Crippen LogP contribution in [0.5, 0.6) is 11.5 Å². The first-order chi connectivity index (χ1) is 12.4. The van der Waals surface area contributed by atoms with Crippen LogP contribution in [0.1, 0.15) is 5.56 Å². The van der Waals surface area contributed by atoms with Crippen molar-refractivity contribution in [3.8, 4) is 11.5 Å². The summed E-state index contributed by atoms with van der Waals surface area (Å²) in [7, 11) is 1.37. The van der Waals surface area contributed by atoms with Gasteiger partial charge in [-0.3, -0.25) is 0 Å². The zero-order valence-electron chi connectivity index (χ0n) is 13.7. The molecule has 0 spiro atoms. The van der Waals surface area contributed by atoms with E-state index >= 15 is 0 Å². The summed E-state index contributed by atoms with van der Waals surface area (Å²) in [5.74, 6) is -0.0450. The molecule has 0 unspecified atom stereocenters. The topological polar surface area (TPSA) is 50.4 Å². The second-order valence-electron chi connectivity index (χ2n) is 5.52. The Bertz CT molecular complexity index is 955. The monoisotopic (exact) mass is 360 g/mol. The Morgan fingerprint density at radius 2 is 1.69 bits per heavy atom. The summed E-state index contributed by atoms with van der Waals surface area (Å²) < 4.78 is 45.7. The Morgan fingerprint density at radius 3 is 2.38 bits per heavy atom. The lowest BCUT2D eigenvalue weighted by atomic mass is 10.1. The molecular formula is C19H15F3N2O2. The van der Waals surface area contributed by atoms with Gasteiger partial charge in [-0.1, -0.05) is 30.3 Å². The van der Waals surface area contributed by atoms with Crippen LogP contribution in [-0.2, 0) is 6.18 Å². The number of alkyl halides is 3. The van der Waals surface area contributed by atoms with E-state index in [2.05, 4.69) is 10.6 Å². The third-order valence-electron chi connectivity index (χ3n) is 3.72. The molecule has 2 N–H and O–H groups in total. The number of nitrogens with one attached hydrogen (secondary N) is 2. The van der Waals surface area contributed by atoms with E-state index in [0.29, 0.717) is 5.75 Å². The summed E-state index contributed by atoms with van der Waals surface area (Å²) in [6, 6.07) is 15.3. The van der Waals surface area contributed by atoms with Gasteiger partial charge in [0.05, 0.1) is 0 Å². The average Bonchev–Trinajstić information content (AvgIpc) is 2.62. The standard InChI is InChI=1S/C19H15F3N2O2/c1-23-18(25)24-14-7-9-17(16(11-14)19(20,21)22)26-15-8-6-12-4-2-3-5-13(12)10-15/h2-11H,1H3,(H2,23,24,25). The number of fused-ring (bicyclic) bond motifs is 1. The number of carbonyl (C=O) groups is 1. The summed E-state index contributed by atoms with van der Waals surface area (Å²) >= 11 is 0. The number of halogens is 3. The summed E-state index contributed by atoms with van der Waals surface area (Å²) in [6.07, 6.45) is -4.63. The van der Waals surface area contributed by atoms with Crippen molar-refractivity contribution in [3.05, 3.63) is 66.2 Å². The van der Waals surface area contributed by atoms with Crippen molar-refractivity contribution in [2.75, 3.05) is 12.4 Å². The minimum Gasteiger partial charge on any atom is -0.457 e. The summed E-state index contributed by atoms with van der Waals surface area (Å²) in [4.78, 5) is 11.3. The Balaban J connectivity index is 1.95. The van der Waals surface area contributed by atoms with Crippen LogP contribution >= 0.6 is 0 Å². The van der Waals surface area contributed by atoms with Gasteiger partial charge < -0.3 is 15.4 Å². The smallest absolute Gasteiger partial charge is 0.420 e. The van der Waals surface area contributed by atoms with Crippen LogP contribution in [0.25, 0.3) is 10.8 Å². The third kappa shape index (κ3) is 3.88. The highest BCUT2D eigenvalue weighted by Gasteiger charge is 2.35. The molecule has 0 aromatic heterocycles.